The lowest BCUT2D eigenvalue weighted by molar-refractivity contribution is 0.518. The summed E-state index contributed by atoms with van der Waals surface area (Å²) < 4.78 is 84.8. The highest BCUT2D eigenvalue weighted by Crippen LogP contribution is 2.42. The summed E-state index contributed by atoms with van der Waals surface area (Å²) in [6, 6.07) is 1.50. The van der Waals surface area contributed by atoms with Gasteiger partial charge in [-0.25, -0.2) is 26.3 Å². The Labute approximate surface area is 166 Å². The number of nitrogens with zero attached hydrogens (tertiary/aromatic N) is 1. The van der Waals surface area contributed by atoms with Crippen molar-refractivity contribution in [1.29, 1.82) is 0 Å². The second-order valence-corrected chi connectivity index (χ2v) is 7.05. The zero-order chi connectivity index (χ0) is 19.9. The maximum Gasteiger partial charge on any atom is 0.133 e. The molecule has 0 amide bonds. The first-order valence-electron chi connectivity index (χ1n) is 7.17. The lowest BCUT2D eigenvalue weighted by atomic mass is 9.84. The Hall–Kier alpha value is -1.87. The highest BCUT2D eigenvalue weighted by Gasteiger charge is 2.33. The van der Waals surface area contributed by atoms with Gasteiger partial charge in [-0.15, -0.1) is 0 Å². The molecule has 1 heterocycles. The van der Waals surface area contributed by atoms with E-state index in [2.05, 4.69) is 36.8 Å². The van der Waals surface area contributed by atoms with Gasteiger partial charge in [0.25, 0.3) is 0 Å². The zero-order valence-corrected chi connectivity index (χ0v) is 16.1. The molecule has 0 spiro atoms. The standard InChI is InChI=1S/C18H6Br2F6N/c19-9-5-27-6-10(20)15(9)18(16-11(23)1-7(21)2-12(16)24)17-13(25)3-8(22)4-14(17)26/h1-6H. The molecule has 1 radical (unpaired) electrons. The summed E-state index contributed by atoms with van der Waals surface area (Å²) in [4.78, 5) is 3.83. The topological polar surface area (TPSA) is 12.9 Å². The molecule has 0 fully saturated rings. The van der Waals surface area contributed by atoms with E-state index in [9.17, 15) is 26.3 Å². The van der Waals surface area contributed by atoms with Crippen LogP contribution in [0.25, 0.3) is 0 Å². The minimum absolute atomic E-state index is 0.0567. The van der Waals surface area contributed by atoms with Crippen LogP contribution in [0, 0.1) is 40.8 Å². The lowest BCUT2D eigenvalue weighted by Crippen LogP contribution is -2.15. The van der Waals surface area contributed by atoms with Gasteiger partial charge in [0.05, 0.1) is 5.92 Å². The molecule has 0 aliphatic rings. The quantitative estimate of drug-likeness (QED) is 0.369. The molecule has 3 aromatic rings. The van der Waals surface area contributed by atoms with Gasteiger partial charge in [-0.2, -0.15) is 0 Å². The number of halogens is 8. The molecule has 0 aliphatic heterocycles. The second kappa shape index (κ2) is 7.63. The summed E-state index contributed by atoms with van der Waals surface area (Å²) in [6.07, 6.45) is 2.47. The molecule has 0 saturated carbocycles. The van der Waals surface area contributed by atoms with Gasteiger partial charge in [0.15, 0.2) is 0 Å². The van der Waals surface area contributed by atoms with Crippen LogP contribution in [-0.4, -0.2) is 4.98 Å². The van der Waals surface area contributed by atoms with Crippen molar-refractivity contribution >= 4 is 31.9 Å². The third kappa shape index (κ3) is 3.75. The summed E-state index contributed by atoms with van der Waals surface area (Å²) in [5.74, 6) is -8.55. The summed E-state index contributed by atoms with van der Waals surface area (Å²) in [5.41, 5.74) is -1.82. The van der Waals surface area contributed by atoms with Crippen molar-refractivity contribution in [3.8, 4) is 0 Å². The summed E-state index contributed by atoms with van der Waals surface area (Å²) >= 11 is 6.24. The van der Waals surface area contributed by atoms with Crippen molar-refractivity contribution < 1.29 is 26.3 Å². The van der Waals surface area contributed by atoms with E-state index in [4.69, 9.17) is 0 Å². The monoisotopic (exact) mass is 508 g/mol. The van der Waals surface area contributed by atoms with Gasteiger partial charge >= 0.3 is 0 Å². The van der Waals surface area contributed by atoms with Crippen molar-refractivity contribution in [2.45, 2.75) is 0 Å². The van der Waals surface area contributed by atoms with Gasteiger partial charge in [-0.3, -0.25) is 4.98 Å². The first-order chi connectivity index (χ1) is 12.7. The Morgan fingerprint density at radius 1 is 0.593 bits per heavy atom. The first-order valence-corrected chi connectivity index (χ1v) is 8.75. The fourth-order valence-corrected chi connectivity index (χ4v) is 3.91. The van der Waals surface area contributed by atoms with E-state index >= 15 is 0 Å². The van der Waals surface area contributed by atoms with Crippen LogP contribution in [0.4, 0.5) is 26.3 Å². The van der Waals surface area contributed by atoms with Crippen LogP contribution in [-0.2, 0) is 0 Å². The predicted molar refractivity (Wildman–Crippen MR) is 92.8 cm³/mol. The molecular weight excluding hydrogens is 504 g/mol. The van der Waals surface area contributed by atoms with Crippen LogP contribution in [0.2, 0.25) is 0 Å². The molecule has 0 N–H and O–H groups in total. The van der Waals surface area contributed by atoms with Crippen LogP contribution >= 0.6 is 31.9 Å². The highest BCUT2D eigenvalue weighted by molar-refractivity contribution is 9.11. The average molecular weight is 510 g/mol. The van der Waals surface area contributed by atoms with Crippen LogP contribution < -0.4 is 0 Å². The molecule has 0 unspecified atom stereocenters. The second-order valence-electron chi connectivity index (χ2n) is 5.34. The Bertz CT molecular complexity index is 917. The van der Waals surface area contributed by atoms with Crippen LogP contribution in [0.3, 0.4) is 0 Å². The Balaban J connectivity index is 2.44. The molecule has 1 nitrogen and oxygen atoms in total. The third-order valence-electron chi connectivity index (χ3n) is 3.62. The summed E-state index contributed by atoms with van der Waals surface area (Å²) in [5, 5.41) is 0. The molecule has 0 bridgehead atoms. The van der Waals surface area contributed by atoms with Crippen molar-refractivity contribution in [2.75, 3.05) is 0 Å². The lowest BCUT2D eigenvalue weighted by Gasteiger charge is -2.22. The molecule has 9 heteroatoms. The largest absolute Gasteiger partial charge is 0.262 e. The van der Waals surface area contributed by atoms with Crippen molar-refractivity contribution in [3.63, 3.8) is 0 Å². The number of hydrogen-bond donors (Lipinski definition) is 0. The molecule has 0 saturated heterocycles. The molecule has 0 atom stereocenters. The maximum absolute atomic E-state index is 14.5. The van der Waals surface area contributed by atoms with Crippen molar-refractivity contribution in [2.24, 2.45) is 0 Å². The molecular formula is C18H6Br2F6N. The van der Waals surface area contributed by atoms with Gasteiger partial charge in [-0.1, -0.05) is 0 Å². The summed E-state index contributed by atoms with van der Waals surface area (Å²) in [7, 11) is 0. The number of rotatable bonds is 3. The van der Waals surface area contributed by atoms with E-state index in [1.807, 2.05) is 0 Å². The average Bonchev–Trinajstić information content (AvgIpc) is 2.52. The molecule has 3 rings (SSSR count). The fourth-order valence-electron chi connectivity index (χ4n) is 2.59. The Kier molecular flexibility index (Phi) is 5.62. The Morgan fingerprint density at radius 2 is 0.926 bits per heavy atom. The van der Waals surface area contributed by atoms with E-state index in [1.165, 1.54) is 12.4 Å². The van der Waals surface area contributed by atoms with Gasteiger partial charge in [-0.05, 0) is 31.9 Å². The Morgan fingerprint density at radius 3 is 1.26 bits per heavy atom. The minimum Gasteiger partial charge on any atom is -0.262 e. The molecule has 0 aliphatic carbocycles. The predicted octanol–water partition coefficient (Wildman–Crippen LogP) is 6.46. The third-order valence-corrected chi connectivity index (χ3v) is 4.82. The molecule has 1 aromatic heterocycles. The normalized spacial score (nSPS) is 11.3. The highest BCUT2D eigenvalue weighted by atomic mass is 79.9. The van der Waals surface area contributed by atoms with Crippen LogP contribution in [0.5, 0.6) is 0 Å². The summed E-state index contributed by atoms with van der Waals surface area (Å²) in [6.45, 7) is 0. The van der Waals surface area contributed by atoms with Crippen molar-refractivity contribution in [1.82, 2.24) is 4.98 Å². The van der Waals surface area contributed by atoms with Gasteiger partial charge in [0, 0.05) is 62.3 Å². The molecule has 2 aromatic carbocycles. The fraction of sp³-hybridized carbons (Fsp3) is 0. The first kappa shape index (κ1) is 19.9. The number of pyridine rings is 1. The van der Waals surface area contributed by atoms with Gasteiger partial charge in [0.2, 0.25) is 0 Å². The minimum atomic E-state index is -1.39. The van der Waals surface area contributed by atoms with E-state index < -0.39 is 51.9 Å². The SMILES string of the molecule is Fc1cc(F)c([C](c2c(F)cc(F)cc2F)c2c(Br)cncc2Br)c(F)c1. The van der Waals surface area contributed by atoms with Gasteiger partial charge < -0.3 is 0 Å². The van der Waals surface area contributed by atoms with E-state index in [0.717, 1.165) is 0 Å². The van der Waals surface area contributed by atoms with Crippen molar-refractivity contribution in [3.05, 3.63) is 103 Å². The van der Waals surface area contributed by atoms with E-state index in [0.29, 0.717) is 24.3 Å². The molecule has 139 valence electrons. The number of hydrogen-bond acceptors (Lipinski definition) is 1. The van der Waals surface area contributed by atoms with Crippen LogP contribution in [0.15, 0.2) is 45.6 Å². The van der Waals surface area contributed by atoms with E-state index in [-0.39, 0.29) is 14.5 Å². The van der Waals surface area contributed by atoms with E-state index in [1.54, 1.807) is 0 Å². The van der Waals surface area contributed by atoms with Crippen LogP contribution in [0.1, 0.15) is 16.7 Å². The number of benzene rings is 2. The number of aromatic nitrogens is 1. The van der Waals surface area contributed by atoms with Gasteiger partial charge in [0.1, 0.15) is 34.9 Å². The smallest absolute Gasteiger partial charge is 0.133 e. The maximum atomic E-state index is 14.5. The zero-order valence-electron chi connectivity index (χ0n) is 12.9. The molecule has 27 heavy (non-hydrogen) atoms.